The highest BCUT2D eigenvalue weighted by Crippen LogP contribution is 2.24. The second kappa shape index (κ2) is 4.44. The Bertz CT molecular complexity index is 720. The van der Waals surface area contributed by atoms with E-state index >= 15 is 0 Å². The van der Waals surface area contributed by atoms with Crippen molar-refractivity contribution in [1.82, 2.24) is 9.55 Å². The van der Waals surface area contributed by atoms with Crippen molar-refractivity contribution in [3.05, 3.63) is 50.9 Å². The first-order chi connectivity index (χ1) is 8.63. The summed E-state index contributed by atoms with van der Waals surface area (Å²) < 4.78 is 29.1. The van der Waals surface area contributed by atoms with E-state index in [9.17, 15) is 8.78 Å². The molecule has 2 nitrogen and oxygen atoms in total. The molecule has 0 bridgehead atoms. The van der Waals surface area contributed by atoms with Gasteiger partial charge in [0, 0.05) is 17.0 Å². The van der Waals surface area contributed by atoms with Gasteiger partial charge in [-0.25, -0.2) is 13.8 Å². The van der Waals surface area contributed by atoms with Gasteiger partial charge in [-0.05, 0) is 28.1 Å². The molecular weight excluding hydrogens is 322 g/mol. The van der Waals surface area contributed by atoms with Crippen LogP contribution in [0.5, 0.6) is 0 Å². The van der Waals surface area contributed by atoms with Crippen molar-refractivity contribution in [2.45, 2.75) is 6.54 Å². The van der Waals surface area contributed by atoms with Crippen LogP contribution in [0.25, 0.3) is 11.0 Å². The molecule has 0 amide bonds. The number of nitrogens with zero attached hydrogens (tertiary/aromatic N) is 2. The van der Waals surface area contributed by atoms with Crippen LogP contribution in [0.1, 0.15) is 4.88 Å². The number of halogens is 3. The molecule has 0 aliphatic heterocycles. The van der Waals surface area contributed by atoms with Crippen molar-refractivity contribution >= 4 is 38.3 Å². The lowest BCUT2D eigenvalue weighted by Gasteiger charge is -2.02. The Morgan fingerprint density at radius 1 is 1.22 bits per heavy atom. The summed E-state index contributed by atoms with van der Waals surface area (Å²) in [7, 11) is 0. The monoisotopic (exact) mass is 328 g/mol. The molecule has 92 valence electrons. The largest absolute Gasteiger partial charge is 0.325 e. The van der Waals surface area contributed by atoms with Crippen molar-refractivity contribution in [3.8, 4) is 0 Å². The summed E-state index contributed by atoms with van der Waals surface area (Å²) in [6.45, 7) is 0.595. The summed E-state index contributed by atoms with van der Waals surface area (Å²) in [5.74, 6) is -1.72. The van der Waals surface area contributed by atoms with E-state index in [1.54, 1.807) is 22.2 Å². The number of fused-ring (bicyclic) bond motifs is 1. The summed E-state index contributed by atoms with van der Waals surface area (Å²) in [6.07, 6.45) is 1.59. The van der Waals surface area contributed by atoms with Crippen LogP contribution in [0.2, 0.25) is 0 Å². The van der Waals surface area contributed by atoms with E-state index in [0.717, 1.165) is 14.7 Å². The van der Waals surface area contributed by atoms with E-state index in [2.05, 4.69) is 20.9 Å². The lowest BCUT2D eigenvalue weighted by Crippen LogP contribution is -1.96. The van der Waals surface area contributed by atoms with E-state index in [0.29, 0.717) is 17.6 Å². The number of thiophene rings is 1. The maximum Gasteiger partial charge on any atom is 0.161 e. The van der Waals surface area contributed by atoms with Crippen LogP contribution in [0.15, 0.2) is 34.4 Å². The molecule has 3 rings (SSSR count). The SMILES string of the molecule is Fc1cc2ncn(Cc3ccc(Br)s3)c2cc1F. The number of aromatic nitrogens is 2. The van der Waals surface area contributed by atoms with Crippen molar-refractivity contribution in [2.24, 2.45) is 0 Å². The normalized spacial score (nSPS) is 11.3. The minimum atomic E-state index is -0.869. The summed E-state index contributed by atoms with van der Waals surface area (Å²) in [6, 6.07) is 6.24. The molecule has 0 radical (unpaired) electrons. The third kappa shape index (κ3) is 2.06. The van der Waals surface area contributed by atoms with Crippen molar-refractivity contribution in [2.75, 3.05) is 0 Å². The third-order valence-corrected chi connectivity index (χ3v) is 4.23. The fourth-order valence-corrected chi connectivity index (χ4v) is 3.27. The van der Waals surface area contributed by atoms with Crippen molar-refractivity contribution in [3.63, 3.8) is 0 Å². The highest BCUT2D eigenvalue weighted by atomic mass is 79.9. The molecule has 2 aromatic heterocycles. The van der Waals surface area contributed by atoms with Gasteiger partial charge in [0.2, 0.25) is 0 Å². The molecule has 0 unspecified atom stereocenters. The molecule has 18 heavy (non-hydrogen) atoms. The van der Waals surface area contributed by atoms with Gasteiger partial charge in [-0.15, -0.1) is 11.3 Å². The first-order valence-corrected chi connectivity index (χ1v) is 6.78. The molecule has 3 aromatic rings. The molecule has 2 heterocycles. The van der Waals surface area contributed by atoms with Crippen LogP contribution in [-0.2, 0) is 6.54 Å². The highest BCUT2D eigenvalue weighted by Gasteiger charge is 2.09. The van der Waals surface area contributed by atoms with E-state index in [1.165, 1.54) is 6.07 Å². The molecule has 0 fully saturated rings. The predicted octanol–water partition coefficient (Wildman–Crippen LogP) is 4.19. The standard InChI is InChI=1S/C12H7BrF2N2S/c13-12-2-1-7(18-12)5-17-6-16-10-3-8(14)9(15)4-11(10)17/h1-4,6H,5H2. The van der Waals surface area contributed by atoms with Crippen LogP contribution in [0.3, 0.4) is 0 Å². The Balaban J connectivity index is 2.04. The van der Waals surface area contributed by atoms with E-state index < -0.39 is 11.6 Å². The topological polar surface area (TPSA) is 17.8 Å². The number of benzene rings is 1. The maximum atomic E-state index is 13.2. The van der Waals surface area contributed by atoms with E-state index in [-0.39, 0.29) is 0 Å². The fourth-order valence-electron chi connectivity index (χ4n) is 1.78. The second-order valence-corrected chi connectivity index (χ2v) is 6.38. The Morgan fingerprint density at radius 3 is 2.72 bits per heavy atom. The van der Waals surface area contributed by atoms with Crippen LogP contribution >= 0.6 is 27.3 Å². The second-order valence-electron chi connectivity index (χ2n) is 3.83. The molecular formula is C12H7BrF2N2S. The zero-order valence-corrected chi connectivity index (χ0v) is 11.4. The molecule has 6 heteroatoms. The molecule has 0 aliphatic carbocycles. The van der Waals surface area contributed by atoms with E-state index in [4.69, 9.17) is 0 Å². The maximum absolute atomic E-state index is 13.2. The first kappa shape index (κ1) is 11.8. The summed E-state index contributed by atoms with van der Waals surface area (Å²) in [5, 5.41) is 0. The van der Waals surface area contributed by atoms with Crippen LogP contribution in [-0.4, -0.2) is 9.55 Å². The molecule has 1 aromatic carbocycles. The number of hydrogen-bond donors (Lipinski definition) is 0. The molecule has 0 aliphatic rings. The average Bonchev–Trinajstić information content (AvgIpc) is 2.89. The Hall–Kier alpha value is -1.27. The van der Waals surface area contributed by atoms with Crippen LogP contribution in [0, 0.1) is 11.6 Å². The van der Waals surface area contributed by atoms with Crippen molar-refractivity contribution in [1.29, 1.82) is 0 Å². The summed E-state index contributed by atoms with van der Waals surface area (Å²) in [5.41, 5.74) is 1.06. The molecule has 0 saturated carbocycles. The van der Waals surface area contributed by atoms with Gasteiger partial charge in [-0.3, -0.25) is 0 Å². The smallest absolute Gasteiger partial charge is 0.161 e. The van der Waals surface area contributed by atoms with Gasteiger partial charge in [0.25, 0.3) is 0 Å². The number of rotatable bonds is 2. The van der Waals surface area contributed by atoms with Gasteiger partial charge < -0.3 is 4.57 Å². The van der Waals surface area contributed by atoms with Crippen LogP contribution < -0.4 is 0 Å². The fraction of sp³-hybridized carbons (Fsp3) is 0.0833. The van der Waals surface area contributed by atoms with Crippen molar-refractivity contribution < 1.29 is 8.78 Å². The van der Waals surface area contributed by atoms with Gasteiger partial charge in [-0.2, -0.15) is 0 Å². The number of imidazole rings is 1. The third-order valence-electron chi connectivity index (χ3n) is 2.62. The van der Waals surface area contributed by atoms with Gasteiger partial charge in [0.1, 0.15) is 0 Å². The quantitative estimate of drug-likeness (QED) is 0.689. The average molecular weight is 329 g/mol. The predicted molar refractivity (Wildman–Crippen MR) is 70.8 cm³/mol. The zero-order valence-electron chi connectivity index (χ0n) is 9.03. The lowest BCUT2D eigenvalue weighted by atomic mass is 10.3. The van der Waals surface area contributed by atoms with Crippen LogP contribution in [0.4, 0.5) is 8.78 Å². The summed E-state index contributed by atoms with van der Waals surface area (Å²) >= 11 is 4.99. The molecule has 0 saturated heterocycles. The first-order valence-electron chi connectivity index (χ1n) is 5.17. The Kier molecular flexibility index (Phi) is 2.91. The zero-order chi connectivity index (χ0) is 12.7. The Morgan fingerprint density at radius 2 is 2.00 bits per heavy atom. The molecule has 0 N–H and O–H groups in total. The highest BCUT2D eigenvalue weighted by molar-refractivity contribution is 9.11. The minimum Gasteiger partial charge on any atom is -0.325 e. The minimum absolute atomic E-state index is 0.463. The van der Waals surface area contributed by atoms with Gasteiger partial charge in [0.15, 0.2) is 11.6 Å². The lowest BCUT2D eigenvalue weighted by molar-refractivity contribution is 0.510. The number of hydrogen-bond acceptors (Lipinski definition) is 2. The Labute approximate surface area is 114 Å². The van der Waals surface area contributed by atoms with E-state index in [1.807, 2.05) is 12.1 Å². The van der Waals surface area contributed by atoms with Gasteiger partial charge in [-0.1, -0.05) is 0 Å². The van der Waals surface area contributed by atoms with Gasteiger partial charge >= 0.3 is 0 Å². The van der Waals surface area contributed by atoms with Gasteiger partial charge in [0.05, 0.1) is 27.7 Å². The molecule has 0 spiro atoms. The summed E-state index contributed by atoms with van der Waals surface area (Å²) in [4.78, 5) is 5.19. The molecule has 0 atom stereocenters.